The van der Waals surface area contributed by atoms with Gasteiger partial charge in [-0.05, 0) is 30.5 Å². The zero-order valence-electron chi connectivity index (χ0n) is 11.1. The largest absolute Gasteiger partial charge is 0.383 e. The molecule has 18 heavy (non-hydrogen) atoms. The van der Waals surface area contributed by atoms with E-state index < -0.39 is 0 Å². The third kappa shape index (κ3) is 3.87. The molecule has 0 heterocycles. The summed E-state index contributed by atoms with van der Waals surface area (Å²) in [7, 11) is 3.76. The van der Waals surface area contributed by atoms with Gasteiger partial charge in [-0.3, -0.25) is 0 Å². The summed E-state index contributed by atoms with van der Waals surface area (Å²) < 4.78 is 5.08. The minimum atomic E-state index is 0.713. The Hall–Kier alpha value is -0.770. The van der Waals surface area contributed by atoms with Crippen LogP contribution in [0.3, 0.4) is 0 Å². The monoisotopic (exact) mass is 268 g/mol. The normalized spacial score (nSPS) is 14.8. The molecule has 0 aliphatic heterocycles. The number of likely N-dealkylation sites (N-methyl/N-ethyl adjacent to an activating group) is 1. The van der Waals surface area contributed by atoms with Gasteiger partial charge in [0.25, 0.3) is 0 Å². The number of methoxy groups -OCH3 is 1. The van der Waals surface area contributed by atoms with Gasteiger partial charge in [-0.15, -0.1) is 0 Å². The second-order valence-electron chi connectivity index (χ2n) is 4.85. The lowest BCUT2D eigenvalue weighted by atomic mass is 10.2. The van der Waals surface area contributed by atoms with Gasteiger partial charge in [0.15, 0.2) is 0 Å². The van der Waals surface area contributed by atoms with Crippen molar-refractivity contribution >= 4 is 17.3 Å². The second kappa shape index (κ2) is 6.41. The first-order valence-electron chi connectivity index (χ1n) is 6.42. The molecule has 1 aromatic rings. The van der Waals surface area contributed by atoms with Crippen LogP contribution in [-0.2, 0) is 11.3 Å². The topological polar surface area (TPSA) is 24.5 Å². The highest BCUT2D eigenvalue weighted by Gasteiger charge is 2.20. The molecule has 3 nitrogen and oxygen atoms in total. The van der Waals surface area contributed by atoms with E-state index in [9.17, 15) is 0 Å². The highest BCUT2D eigenvalue weighted by Crippen LogP contribution is 2.25. The van der Waals surface area contributed by atoms with Crippen molar-refractivity contribution in [3.8, 4) is 0 Å². The van der Waals surface area contributed by atoms with Crippen molar-refractivity contribution in [1.29, 1.82) is 0 Å². The number of ether oxygens (including phenoxy) is 1. The van der Waals surface area contributed by atoms with Gasteiger partial charge in [0.1, 0.15) is 0 Å². The van der Waals surface area contributed by atoms with Gasteiger partial charge in [0.2, 0.25) is 0 Å². The molecule has 1 aliphatic rings. The average Bonchev–Trinajstić information content (AvgIpc) is 3.18. The maximum Gasteiger partial charge on any atom is 0.0637 e. The molecule has 1 N–H and O–H groups in total. The smallest absolute Gasteiger partial charge is 0.0637 e. The third-order valence-electron chi connectivity index (χ3n) is 3.27. The molecule has 0 amide bonds. The summed E-state index contributed by atoms with van der Waals surface area (Å²) in [5, 5.41) is 4.32. The summed E-state index contributed by atoms with van der Waals surface area (Å²) in [5.41, 5.74) is 2.31. The first-order chi connectivity index (χ1) is 8.70. The molecule has 0 saturated heterocycles. The van der Waals surface area contributed by atoms with E-state index in [0.29, 0.717) is 6.04 Å². The average molecular weight is 269 g/mol. The lowest BCUT2D eigenvalue weighted by Gasteiger charge is -2.19. The van der Waals surface area contributed by atoms with Gasteiger partial charge in [0, 0.05) is 44.0 Å². The molecule has 1 aromatic carbocycles. The van der Waals surface area contributed by atoms with Gasteiger partial charge in [-0.25, -0.2) is 0 Å². The molecular weight excluding hydrogens is 248 g/mol. The first-order valence-corrected chi connectivity index (χ1v) is 6.80. The van der Waals surface area contributed by atoms with E-state index in [1.807, 2.05) is 13.1 Å². The standard InChI is InChI=1S/C14H21ClN2O/c1-17(7-8-18-2)13-6-3-11(14(15)9-13)10-16-12-4-5-12/h3,6,9,12,16H,4-5,7-8,10H2,1-2H3. The quantitative estimate of drug-likeness (QED) is 0.823. The van der Waals surface area contributed by atoms with Gasteiger partial charge in [0.05, 0.1) is 6.61 Å². The number of benzene rings is 1. The molecule has 0 bridgehead atoms. The van der Waals surface area contributed by atoms with E-state index in [-0.39, 0.29) is 0 Å². The first kappa shape index (κ1) is 13.7. The highest BCUT2D eigenvalue weighted by atomic mass is 35.5. The molecule has 0 atom stereocenters. The van der Waals surface area contributed by atoms with Crippen LogP contribution in [-0.4, -0.2) is 33.4 Å². The molecule has 0 radical (unpaired) electrons. The molecule has 0 unspecified atom stereocenters. The zero-order chi connectivity index (χ0) is 13.0. The Morgan fingerprint density at radius 3 is 2.83 bits per heavy atom. The molecule has 1 saturated carbocycles. The van der Waals surface area contributed by atoms with Crippen LogP contribution in [0.25, 0.3) is 0 Å². The van der Waals surface area contributed by atoms with Crippen molar-refractivity contribution in [2.75, 3.05) is 32.2 Å². The number of anilines is 1. The van der Waals surface area contributed by atoms with Crippen molar-refractivity contribution in [3.05, 3.63) is 28.8 Å². The van der Waals surface area contributed by atoms with Gasteiger partial charge < -0.3 is 15.0 Å². The lowest BCUT2D eigenvalue weighted by Crippen LogP contribution is -2.22. The molecule has 1 fully saturated rings. The van der Waals surface area contributed by atoms with Gasteiger partial charge in [-0.2, -0.15) is 0 Å². The van der Waals surface area contributed by atoms with Crippen LogP contribution in [0.15, 0.2) is 18.2 Å². The minimum Gasteiger partial charge on any atom is -0.383 e. The SMILES string of the molecule is COCCN(C)c1ccc(CNC2CC2)c(Cl)c1. The number of halogens is 1. The summed E-state index contributed by atoms with van der Waals surface area (Å²) in [6.45, 7) is 2.46. The van der Waals surface area contributed by atoms with Crippen LogP contribution in [0.1, 0.15) is 18.4 Å². The van der Waals surface area contributed by atoms with Crippen LogP contribution in [0.4, 0.5) is 5.69 Å². The molecule has 0 spiro atoms. The fourth-order valence-corrected chi connectivity index (χ4v) is 2.06. The minimum absolute atomic E-state index is 0.713. The Morgan fingerprint density at radius 1 is 1.44 bits per heavy atom. The van der Waals surface area contributed by atoms with Crippen LogP contribution < -0.4 is 10.2 Å². The van der Waals surface area contributed by atoms with E-state index in [0.717, 1.165) is 30.4 Å². The third-order valence-corrected chi connectivity index (χ3v) is 3.62. The summed E-state index contributed by atoms with van der Waals surface area (Å²) >= 11 is 6.31. The Kier molecular flexibility index (Phi) is 4.87. The fourth-order valence-electron chi connectivity index (χ4n) is 1.82. The molecule has 2 rings (SSSR count). The van der Waals surface area contributed by atoms with E-state index in [1.165, 1.54) is 18.4 Å². The van der Waals surface area contributed by atoms with Crippen molar-refractivity contribution in [3.63, 3.8) is 0 Å². The van der Waals surface area contributed by atoms with Crippen molar-refractivity contribution in [1.82, 2.24) is 5.32 Å². The van der Waals surface area contributed by atoms with Crippen LogP contribution >= 0.6 is 11.6 Å². The molecule has 4 heteroatoms. The number of rotatable bonds is 7. The second-order valence-corrected chi connectivity index (χ2v) is 5.25. The van der Waals surface area contributed by atoms with E-state index >= 15 is 0 Å². The fraction of sp³-hybridized carbons (Fsp3) is 0.571. The Balaban J connectivity index is 1.94. The lowest BCUT2D eigenvalue weighted by molar-refractivity contribution is 0.206. The van der Waals surface area contributed by atoms with Gasteiger partial charge in [-0.1, -0.05) is 17.7 Å². The summed E-state index contributed by atoms with van der Waals surface area (Å²) in [6, 6.07) is 6.97. The number of nitrogens with zero attached hydrogens (tertiary/aromatic N) is 1. The van der Waals surface area contributed by atoms with Gasteiger partial charge >= 0.3 is 0 Å². The zero-order valence-corrected chi connectivity index (χ0v) is 11.8. The van der Waals surface area contributed by atoms with E-state index in [1.54, 1.807) is 7.11 Å². The Labute approximate surface area is 114 Å². The number of hydrogen-bond donors (Lipinski definition) is 1. The molecule has 1 aliphatic carbocycles. The Bertz CT molecular complexity index is 393. The molecular formula is C14H21ClN2O. The predicted octanol–water partition coefficient (Wildman–Crippen LogP) is 2.67. The molecule has 100 valence electrons. The van der Waals surface area contributed by atoms with Crippen LogP contribution in [0.2, 0.25) is 5.02 Å². The predicted molar refractivity (Wildman–Crippen MR) is 76.5 cm³/mol. The van der Waals surface area contributed by atoms with Crippen molar-refractivity contribution in [2.45, 2.75) is 25.4 Å². The highest BCUT2D eigenvalue weighted by molar-refractivity contribution is 6.31. The summed E-state index contributed by atoms with van der Waals surface area (Å²) in [4.78, 5) is 2.15. The summed E-state index contributed by atoms with van der Waals surface area (Å²) in [6.07, 6.45) is 2.60. The maximum absolute atomic E-state index is 6.31. The maximum atomic E-state index is 6.31. The molecule has 0 aromatic heterocycles. The number of nitrogens with one attached hydrogen (secondary N) is 1. The summed E-state index contributed by atoms with van der Waals surface area (Å²) in [5.74, 6) is 0. The van der Waals surface area contributed by atoms with E-state index in [2.05, 4.69) is 22.3 Å². The van der Waals surface area contributed by atoms with E-state index in [4.69, 9.17) is 16.3 Å². The Morgan fingerprint density at radius 2 is 2.22 bits per heavy atom. The van der Waals surface area contributed by atoms with Crippen LogP contribution in [0.5, 0.6) is 0 Å². The van der Waals surface area contributed by atoms with Crippen molar-refractivity contribution in [2.24, 2.45) is 0 Å². The number of hydrogen-bond acceptors (Lipinski definition) is 3. The van der Waals surface area contributed by atoms with Crippen molar-refractivity contribution < 1.29 is 4.74 Å². The van der Waals surface area contributed by atoms with Crippen LogP contribution in [0, 0.1) is 0 Å².